The van der Waals surface area contributed by atoms with Crippen molar-refractivity contribution in [2.24, 2.45) is 5.92 Å². The fourth-order valence-electron chi connectivity index (χ4n) is 2.29. The van der Waals surface area contributed by atoms with E-state index < -0.39 is 5.91 Å². The first-order valence-electron chi connectivity index (χ1n) is 8.68. The van der Waals surface area contributed by atoms with Crippen LogP contribution in [-0.2, 0) is 31.3 Å². The normalized spacial score (nSPS) is 14.6. The Bertz CT molecular complexity index is 652. The first kappa shape index (κ1) is 35.3. The summed E-state index contributed by atoms with van der Waals surface area (Å²) >= 11 is 0. The van der Waals surface area contributed by atoms with Crippen LogP contribution < -0.4 is 24.8 Å². The van der Waals surface area contributed by atoms with Gasteiger partial charge in [0.1, 0.15) is 0 Å². The maximum absolute atomic E-state index is 10.8. The van der Waals surface area contributed by atoms with Gasteiger partial charge in [0.2, 0.25) is 0 Å². The number of nitrogens with one attached hydrogen (secondary N) is 1. The molecule has 0 bridgehead atoms. The van der Waals surface area contributed by atoms with Gasteiger partial charge < -0.3 is 35.3 Å². The summed E-state index contributed by atoms with van der Waals surface area (Å²) in [5.41, 5.74) is 12.8. The predicted molar refractivity (Wildman–Crippen MR) is 111 cm³/mol. The van der Waals surface area contributed by atoms with E-state index in [1.54, 1.807) is 12.1 Å². The van der Waals surface area contributed by atoms with Crippen molar-refractivity contribution in [3.05, 3.63) is 63.9 Å². The first-order chi connectivity index (χ1) is 11.4. The molecule has 0 aromatic heterocycles. The van der Waals surface area contributed by atoms with Crippen LogP contribution in [-0.4, -0.2) is 15.4 Å². The number of benzene rings is 1. The van der Waals surface area contributed by atoms with Crippen molar-refractivity contribution in [1.29, 1.82) is 0 Å². The Kier molecular flexibility index (Phi) is 20.9. The van der Waals surface area contributed by atoms with Crippen molar-refractivity contribution >= 4 is 15.4 Å². The molecule has 1 aliphatic carbocycles. The maximum atomic E-state index is 10.8. The second kappa shape index (κ2) is 16.6. The summed E-state index contributed by atoms with van der Waals surface area (Å²) in [6, 6.07) is 7.26. The number of hydrogen-bond donors (Lipinski definition) is 0. The largest absolute Gasteiger partial charge is 4.00 e. The van der Waals surface area contributed by atoms with Gasteiger partial charge in [-0.05, 0) is 22.6 Å². The summed E-state index contributed by atoms with van der Waals surface area (Å²) in [5.74, 6) is -0.0592. The molecule has 1 atom stereocenters. The Hall–Kier alpha value is -0.163. The Balaban J connectivity index is -0.000000170. The maximum Gasteiger partial charge on any atom is 4.00 e. The molecule has 1 aliphatic rings. The predicted octanol–water partition coefficient (Wildman–Crippen LogP) is 0.691. The second-order valence-electron chi connectivity index (χ2n) is 7.46. The molecule has 1 aromatic carbocycles. The van der Waals surface area contributed by atoms with Crippen LogP contribution in [0.15, 0.2) is 41.0 Å². The molecule has 1 amide bonds. The number of carbonyl (C=O) groups is 1. The molecule has 1 N–H and O–H groups in total. The summed E-state index contributed by atoms with van der Waals surface area (Å²) in [7, 11) is 1.08. The molecule has 0 saturated heterocycles. The number of hydrogen-bond acceptors (Lipinski definition) is 1. The minimum absolute atomic E-state index is 0. The third-order valence-corrected chi connectivity index (χ3v) is 4.23. The smallest absolute Gasteiger partial charge is 1.00 e. The minimum atomic E-state index is -0.619. The average Bonchev–Trinajstić information content (AvgIpc) is 2.74. The average molecular weight is 605 g/mol. The van der Waals surface area contributed by atoms with Gasteiger partial charge in [0.05, 0.1) is 5.91 Å². The second-order valence-corrected chi connectivity index (χ2v) is 8.46. The van der Waals surface area contributed by atoms with Gasteiger partial charge in [0.15, 0.2) is 0 Å². The Morgan fingerprint density at radius 3 is 1.82 bits per heavy atom. The summed E-state index contributed by atoms with van der Waals surface area (Å²) in [6.07, 6.45) is 3.36. The zero-order valence-electron chi connectivity index (χ0n) is 18.6. The van der Waals surface area contributed by atoms with Gasteiger partial charge in [-0.25, -0.2) is 5.57 Å². The molecule has 0 aliphatic heterocycles. The van der Waals surface area contributed by atoms with Crippen LogP contribution in [0.5, 0.6) is 0 Å². The fourth-order valence-corrected chi connectivity index (χ4v) is 2.29. The summed E-state index contributed by atoms with van der Waals surface area (Å²) in [5, 5.41) is 0. The summed E-state index contributed by atoms with van der Waals surface area (Å²) in [6.45, 7) is 19.2. The van der Waals surface area contributed by atoms with Gasteiger partial charge in [0, 0.05) is 9.52 Å². The number of halogens is 2. The van der Waals surface area contributed by atoms with Gasteiger partial charge in [-0.15, -0.1) is 6.92 Å². The summed E-state index contributed by atoms with van der Waals surface area (Å²) < 4.78 is 0. The van der Waals surface area contributed by atoms with E-state index in [1.165, 1.54) is 16.7 Å². The van der Waals surface area contributed by atoms with E-state index in [1.807, 2.05) is 12.1 Å². The topological polar surface area (TPSA) is 40.9 Å². The molecule has 0 saturated carbocycles. The van der Waals surface area contributed by atoms with E-state index in [9.17, 15) is 4.79 Å². The SMILES string of the molecule is CC(C)(C)c1cccc(C([NH-])=O)c1.CC1=[C-]C(C)C(C)=C1C.C[Si]C.[Cl-].[Cl-].[Hf+4]. The molecule has 0 spiro atoms. The van der Waals surface area contributed by atoms with Crippen LogP contribution >= 0.6 is 0 Å². The van der Waals surface area contributed by atoms with E-state index in [0.717, 1.165) is 15.1 Å². The van der Waals surface area contributed by atoms with Crippen molar-refractivity contribution in [2.45, 2.75) is 67.0 Å². The van der Waals surface area contributed by atoms with Gasteiger partial charge >= 0.3 is 25.8 Å². The molecule has 28 heavy (non-hydrogen) atoms. The zero-order chi connectivity index (χ0) is 19.8. The van der Waals surface area contributed by atoms with Crippen LogP contribution in [0, 0.1) is 12.0 Å². The van der Waals surface area contributed by atoms with E-state index in [0.29, 0.717) is 11.5 Å². The number of carbonyl (C=O) groups excluding carboxylic acids is 1. The van der Waals surface area contributed by atoms with Crippen LogP contribution in [0.3, 0.4) is 0 Å². The van der Waals surface area contributed by atoms with Gasteiger partial charge in [-0.2, -0.15) is 11.1 Å². The minimum Gasteiger partial charge on any atom is -1.00 e. The van der Waals surface area contributed by atoms with E-state index in [2.05, 4.69) is 67.6 Å². The van der Waals surface area contributed by atoms with E-state index in [4.69, 9.17) is 5.73 Å². The fraction of sp³-hybridized carbons (Fsp3) is 0.500. The first-order valence-corrected chi connectivity index (χ1v) is 10.7. The van der Waals surface area contributed by atoms with Crippen LogP contribution in [0.1, 0.15) is 64.4 Å². The zero-order valence-corrected chi connectivity index (χ0v) is 24.7. The molecular weight excluding hydrogens is 572 g/mol. The molecule has 0 heterocycles. The monoisotopic (exact) mass is 605 g/mol. The third kappa shape index (κ3) is 12.4. The van der Waals surface area contributed by atoms with Crippen LogP contribution in [0.2, 0.25) is 13.1 Å². The van der Waals surface area contributed by atoms with Crippen molar-refractivity contribution in [3.8, 4) is 0 Å². The molecule has 6 heteroatoms. The number of allylic oxidation sites excluding steroid dienone is 4. The number of rotatable bonds is 1. The van der Waals surface area contributed by atoms with Crippen LogP contribution in [0.4, 0.5) is 0 Å². The van der Waals surface area contributed by atoms with Crippen molar-refractivity contribution < 1.29 is 55.5 Å². The molecule has 154 valence electrons. The van der Waals surface area contributed by atoms with Gasteiger partial charge in [-0.3, -0.25) is 6.08 Å². The van der Waals surface area contributed by atoms with Crippen LogP contribution in [0.25, 0.3) is 5.73 Å². The summed E-state index contributed by atoms with van der Waals surface area (Å²) in [4.78, 5) is 10.8. The van der Waals surface area contributed by atoms with Gasteiger partial charge in [-0.1, -0.05) is 78.8 Å². The Morgan fingerprint density at radius 1 is 1.11 bits per heavy atom. The quantitative estimate of drug-likeness (QED) is 0.344. The molecule has 1 unspecified atom stereocenters. The van der Waals surface area contributed by atoms with Crippen molar-refractivity contribution in [2.75, 3.05) is 0 Å². The molecule has 2 radical (unpaired) electrons. The molecule has 0 fully saturated rings. The van der Waals surface area contributed by atoms with Crippen molar-refractivity contribution in [1.82, 2.24) is 0 Å². The van der Waals surface area contributed by atoms with Crippen molar-refractivity contribution in [3.63, 3.8) is 0 Å². The van der Waals surface area contributed by atoms with E-state index in [-0.39, 0.29) is 56.1 Å². The molecule has 1 aromatic rings. The molecule has 2 nitrogen and oxygen atoms in total. The Labute approximate surface area is 206 Å². The van der Waals surface area contributed by atoms with E-state index >= 15 is 0 Å². The van der Waals surface area contributed by atoms with Gasteiger partial charge in [0.25, 0.3) is 0 Å². The molecular formula is C22H33Cl2HfNOSi. The standard InChI is InChI=1S/C11H15NO.C9H13.C2H6Si.2ClH.Hf/c1-11(2,3)9-6-4-5-8(7-9)10(12)13;1-6-5-7(2)9(4)8(6)3;1-3-2;;;/h4-7H,1-3H3,(H2,12,13);6H,1-4H3;1-2H3;2*1H;/q;-1;;;;+4/p-3. The number of amides is 1. The third-order valence-electron chi connectivity index (χ3n) is 4.23. The molecule has 2 rings (SSSR count). The Morgan fingerprint density at radius 2 is 1.57 bits per heavy atom.